The van der Waals surface area contributed by atoms with Gasteiger partial charge in [-0.25, -0.2) is 4.98 Å². The van der Waals surface area contributed by atoms with Crippen LogP contribution < -0.4 is 10.2 Å². The summed E-state index contributed by atoms with van der Waals surface area (Å²) in [5.74, 6) is 1.19. The van der Waals surface area contributed by atoms with Crippen LogP contribution in [-0.2, 0) is 4.74 Å². The molecule has 0 bridgehead atoms. The van der Waals surface area contributed by atoms with Crippen molar-refractivity contribution in [3.8, 4) is 5.75 Å². The molecule has 5 nitrogen and oxygen atoms in total. The molecule has 1 aromatic carbocycles. The molecule has 1 saturated heterocycles. The first-order valence-corrected chi connectivity index (χ1v) is 6.87. The number of benzene rings is 1. The van der Waals surface area contributed by atoms with E-state index in [4.69, 9.17) is 4.74 Å². The predicted molar refractivity (Wildman–Crippen MR) is 79.3 cm³/mol. The van der Waals surface area contributed by atoms with Crippen LogP contribution in [0.15, 0.2) is 30.5 Å². The molecular weight excluding hydrogens is 254 g/mol. The zero-order valence-electron chi connectivity index (χ0n) is 11.5. The number of anilines is 1. The van der Waals surface area contributed by atoms with Gasteiger partial charge >= 0.3 is 0 Å². The Morgan fingerprint density at radius 3 is 3.20 bits per heavy atom. The second-order valence-electron chi connectivity index (χ2n) is 5.04. The number of phenolic OH excluding ortho intramolecular Hbond substituents is 1. The van der Waals surface area contributed by atoms with Gasteiger partial charge in [0.05, 0.1) is 12.7 Å². The van der Waals surface area contributed by atoms with Crippen molar-refractivity contribution in [3.05, 3.63) is 30.5 Å². The number of phenols is 1. The number of fused-ring (bicyclic) bond motifs is 1. The number of aromatic nitrogens is 1. The highest BCUT2D eigenvalue weighted by molar-refractivity contribution is 5.93. The van der Waals surface area contributed by atoms with Gasteiger partial charge in [0, 0.05) is 31.2 Å². The van der Waals surface area contributed by atoms with E-state index < -0.39 is 0 Å². The first-order valence-electron chi connectivity index (χ1n) is 6.87. The molecule has 1 aromatic heterocycles. The van der Waals surface area contributed by atoms with E-state index in [1.165, 1.54) is 0 Å². The summed E-state index contributed by atoms with van der Waals surface area (Å²) >= 11 is 0. The fourth-order valence-electron chi connectivity index (χ4n) is 2.66. The number of aromatic hydroxyl groups is 1. The highest BCUT2D eigenvalue weighted by atomic mass is 16.5. The van der Waals surface area contributed by atoms with E-state index in [1.54, 1.807) is 12.1 Å². The molecule has 1 aliphatic rings. The molecule has 0 radical (unpaired) electrons. The molecule has 2 N–H and O–H groups in total. The minimum Gasteiger partial charge on any atom is -0.508 e. The standard InChI is InChI=1S/C15H19N3O2/c1-16-9-13-10-18(6-7-20-13)15-14-8-12(19)3-2-11(14)4-5-17-15/h2-5,8,13,16,19H,6-7,9-10H2,1H3. The molecule has 0 spiro atoms. The molecule has 0 saturated carbocycles. The predicted octanol–water partition coefficient (Wildman–Crippen LogP) is 1.36. The fraction of sp³-hybridized carbons (Fsp3) is 0.400. The first kappa shape index (κ1) is 13.1. The normalized spacial score (nSPS) is 19.4. The quantitative estimate of drug-likeness (QED) is 0.884. The number of likely N-dealkylation sites (N-methyl/N-ethyl adjacent to an activating group) is 1. The molecule has 2 heterocycles. The van der Waals surface area contributed by atoms with E-state index in [2.05, 4.69) is 15.2 Å². The van der Waals surface area contributed by atoms with Crippen LogP contribution in [-0.4, -0.2) is 49.5 Å². The number of hydrogen-bond donors (Lipinski definition) is 2. The van der Waals surface area contributed by atoms with Gasteiger partial charge in [-0.15, -0.1) is 0 Å². The van der Waals surface area contributed by atoms with E-state index in [-0.39, 0.29) is 11.9 Å². The van der Waals surface area contributed by atoms with Crippen LogP contribution >= 0.6 is 0 Å². The van der Waals surface area contributed by atoms with Crippen molar-refractivity contribution >= 4 is 16.6 Å². The average Bonchev–Trinajstić information content (AvgIpc) is 2.47. The molecule has 106 valence electrons. The van der Waals surface area contributed by atoms with Crippen molar-refractivity contribution in [2.24, 2.45) is 0 Å². The first-order chi connectivity index (χ1) is 9.78. The Labute approximate surface area is 118 Å². The summed E-state index contributed by atoms with van der Waals surface area (Å²) in [6.07, 6.45) is 1.99. The van der Waals surface area contributed by atoms with Gasteiger partial charge in [-0.1, -0.05) is 6.07 Å². The Morgan fingerprint density at radius 2 is 2.35 bits per heavy atom. The zero-order valence-corrected chi connectivity index (χ0v) is 11.5. The van der Waals surface area contributed by atoms with Gasteiger partial charge < -0.3 is 20.1 Å². The summed E-state index contributed by atoms with van der Waals surface area (Å²) < 4.78 is 5.72. The molecule has 0 aliphatic carbocycles. The van der Waals surface area contributed by atoms with Crippen LogP contribution in [0.5, 0.6) is 5.75 Å². The molecule has 20 heavy (non-hydrogen) atoms. The van der Waals surface area contributed by atoms with Gasteiger partial charge in [0.15, 0.2) is 0 Å². The summed E-state index contributed by atoms with van der Waals surface area (Å²) in [7, 11) is 1.93. The third-order valence-corrected chi connectivity index (χ3v) is 3.60. The SMILES string of the molecule is CNCC1CN(c2nccc3ccc(O)cc23)CCO1. The molecule has 1 unspecified atom stereocenters. The monoisotopic (exact) mass is 273 g/mol. The second kappa shape index (κ2) is 5.64. The van der Waals surface area contributed by atoms with E-state index in [9.17, 15) is 5.11 Å². The summed E-state index contributed by atoms with van der Waals surface area (Å²) in [4.78, 5) is 6.73. The topological polar surface area (TPSA) is 57.6 Å². The smallest absolute Gasteiger partial charge is 0.136 e. The number of pyridine rings is 1. The highest BCUT2D eigenvalue weighted by Crippen LogP contribution is 2.28. The van der Waals surface area contributed by atoms with Crippen LogP contribution in [0.25, 0.3) is 10.8 Å². The van der Waals surface area contributed by atoms with E-state index in [0.717, 1.165) is 36.2 Å². The lowest BCUT2D eigenvalue weighted by molar-refractivity contribution is 0.0420. The third-order valence-electron chi connectivity index (χ3n) is 3.60. The lowest BCUT2D eigenvalue weighted by Gasteiger charge is -2.34. The molecule has 0 amide bonds. The van der Waals surface area contributed by atoms with Crippen LogP contribution in [0.2, 0.25) is 0 Å². The van der Waals surface area contributed by atoms with Crippen molar-refractivity contribution in [2.45, 2.75) is 6.10 Å². The number of ether oxygens (including phenoxy) is 1. The van der Waals surface area contributed by atoms with E-state index in [1.807, 2.05) is 25.4 Å². The maximum absolute atomic E-state index is 9.71. The number of nitrogens with zero attached hydrogens (tertiary/aromatic N) is 2. The number of rotatable bonds is 3. The van der Waals surface area contributed by atoms with Gasteiger partial charge in [0.25, 0.3) is 0 Å². The largest absolute Gasteiger partial charge is 0.508 e. The average molecular weight is 273 g/mol. The fourth-order valence-corrected chi connectivity index (χ4v) is 2.66. The molecule has 1 aliphatic heterocycles. The minimum absolute atomic E-state index is 0.170. The number of morpholine rings is 1. The van der Waals surface area contributed by atoms with Gasteiger partial charge in [-0.2, -0.15) is 0 Å². The summed E-state index contributed by atoms with van der Waals surface area (Å²) in [6.45, 7) is 3.15. The third kappa shape index (κ3) is 2.55. The zero-order chi connectivity index (χ0) is 13.9. The van der Waals surface area contributed by atoms with Crippen molar-refractivity contribution in [3.63, 3.8) is 0 Å². The summed E-state index contributed by atoms with van der Waals surface area (Å²) in [5, 5.41) is 14.9. The second-order valence-corrected chi connectivity index (χ2v) is 5.04. The number of hydrogen-bond acceptors (Lipinski definition) is 5. The maximum Gasteiger partial charge on any atom is 0.136 e. The van der Waals surface area contributed by atoms with Crippen LogP contribution in [0.3, 0.4) is 0 Å². The van der Waals surface area contributed by atoms with Gasteiger partial charge in [-0.3, -0.25) is 0 Å². The lowest BCUT2D eigenvalue weighted by atomic mass is 10.1. The van der Waals surface area contributed by atoms with Crippen LogP contribution in [0.4, 0.5) is 5.82 Å². The van der Waals surface area contributed by atoms with Crippen LogP contribution in [0.1, 0.15) is 0 Å². The Morgan fingerprint density at radius 1 is 1.45 bits per heavy atom. The van der Waals surface area contributed by atoms with Crippen molar-refractivity contribution < 1.29 is 9.84 Å². The Bertz CT molecular complexity index is 601. The molecule has 5 heteroatoms. The minimum atomic E-state index is 0.170. The maximum atomic E-state index is 9.71. The Hall–Kier alpha value is -1.85. The molecular formula is C15H19N3O2. The Kier molecular flexibility index (Phi) is 3.71. The Balaban J connectivity index is 1.94. The number of nitrogens with one attached hydrogen (secondary N) is 1. The summed E-state index contributed by atoms with van der Waals surface area (Å²) in [6, 6.07) is 7.36. The lowest BCUT2D eigenvalue weighted by Crippen LogP contribution is -2.46. The van der Waals surface area contributed by atoms with E-state index in [0.29, 0.717) is 6.61 Å². The molecule has 1 fully saturated rings. The molecule has 3 rings (SSSR count). The molecule has 1 atom stereocenters. The highest BCUT2D eigenvalue weighted by Gasteiger charge is 2.22. The summed E-state index contributed by atoms with van der Waals surface area (Å²) in [5.41, 5.74) is 0. The van der Waals surface area contributed by atoms with Gasteiger partial charge in [0.2, 0.25) is 0 Å². The van der Waals surface area contributed by atoms with Crippen LogP contribution in [0, 0.1) is 0 Å². The van der Waals surface area contributed by atoms with Crippen molar-refractivity contribution in [1.82, 2.24) is 10.3 Å². The van der Waals surface area contributed by atoms with E-state index >= 15 is 0 Å². The van der Waals surface area contributed by atoms with Crippen molar-refractivity contribution in [2.75, 3.05) is 38.2 Å². The van der Waals surface area contributed by atoms with Gasteiger partial charge in [-0.05, 0) is 30.6 Å². The van der Waals surface area contributed by atoms with Crippen molar-refractivity contribution in [1.29, 1.82) is 0 Å². The van der Waals surface area contributed by atoms with Gasteiger partial charge in [0.1, 0.15) is 11.6 Å². The molecule has 2 aromatic rings.